The van der Waals surface area contributed by atoms with E-state index in [2.05, 4.69) is 38.2 Å². The highest BCUT2D eigenvalue weighted by Gasteiger charge is 2.07. The second kappa shape index (κ2) is 7.48. The Hall–Kier alpha value is -1.51. The largest absolute Gasteiger partial charge is 0.489 e. The molecule has 2 nitrogen and oxygen atoms in total. The first-order valence-corrected chi connectivity index (χ1v) is 7.63. The molecule has 0 radical (unpaired) electrons. The van der Waals surface area contributed by atoms with Crippen molar-refractivity contribution in [3.8, 4) is 5.75 Å². The van der Waals surface area contributed by atoms with E-state index in [4.69, 9.17) is 16.3 Å². The smallest absolute Gasteiger partial charge is 0.124 e. The number of halogens is 1. The summed E-state index contributed by atoms with van der Waals surface area (Å²) < 4.78 is 5.99. The van der Waals surface area contributed by atoms with Gasteiger partial charge in [-0.2, -0.15) is 0 Å². The minimum absolute atomic E-state index is 0.424. The molecule has 0 aromatic heterocycles. The molecule has 1 N–H and O–H groups in total. The van der Waals surface area contributed by atoms with Gasteiger partial charge >= 0.3 is 0 Å². The van der Waals surface area contributed by atoms with Crippen LogP contribution in [0.3, 0.4) is 0 Å². The Morgan fingerprint density at radius 1 is 1.10 bits per heavy atom. The van der Waals surface area contributed by atoms with E-state index in [-0.39, 0.29) is 0 Å². The van der Waals surface area contributed by atoms with Gasteiger partial charge in [-0.3, -0.25) is 0 Å². The van der Waals surface area contributed by atoms with Crippen LogP contribution >= 0.6 is 11.6 Å². The van der Waals surface area contributed by atoms with Crippen molar-refractivity contribution in [2.45, 2.75) is 40.0 Å². The van der Waals surface area contributed by atoms with Crippen LogP contribution in [0.5, 0.6) is 5.75 Å². The number of benzene rings is 2. The number of hydrogen-bond donors (Lipinski definition) is 1. The zero-order valence-corrected chi connectivity index (χ0v) is 13.6. The summed E-state index contributed by atoms with van der Waals surface area (Å²) in [5.41, 5.74) is 3.54. The van der Waals surface area contributed by atoms with Gasteiger partial charge in [0.15, 0.2) is 0 Å². The first kappa shape index (κ1) is 15.9. The van der Waals surface area contributed by atoms with Gasteiger partial charge in [0.2, 0.25) is 0 Å². The lowest BCUT2D eigenvalue weighted by atomic mass is 10.1. The van der Waals surface area contributed by atoms with Crippen LogP contribution in [0.25, 0.3) is 0 Å². The van der Waals surface area contributed by atoms with E-state index in [0.717, 1.165) is 22.9 Å². The Kier molecular flexibility index (Phi) is 5.66. The molecule has 0 heterocycles. The summed E-state index contributed by atoms with van der Waals surface area (Å²) in [6.45, 7) is 7.67. The lowest BCUT2D eigenvalue weighted by molar-refractivity contribution is 0.301. The third-order valence-corrected chi connectivity index (χ3v) is 3.60. The van der Waals surface area contributed by atoms with Gasteiger partial charge in [-0.1, -0.05) is 49.7 Å². The average molecular weight is 304 g/mol. The summed E-state index contributed by atoms with van der Waals surface area (Å²) in [6, 6.07) is 14.5. The van der Waals surface area contributed by atoms with Crippen molar-refractivity contribution in [3.05, 3.63) is 64.2 Å². The summed E-state index contributed by atoms with van der Waals surface area (Å²) >= 11 is 6.09. The van der Waals surface area contributed by atoms with Crippen molar-refractivity contribution in [1.29, 1.82) is 0 Å². The number of hydrogen-bond acceptors (Lipinski definition) is 2. The summed E-state index contributed by atoms with van der Waals surface area (Å²) in [6.07, 6.45) is 0. The normalized spacial score (nSPS) is 10.9. The number of nitrogens with one attached hydrogen (secondary N) is 1. The molecular weight excluding hydrogens is 282 g/mol. The molecule has 0 saturated heterocycles. The fourth-order valence-corrected chi connectivity index (χ4v) is 2.26. The monoisotopic (exact) mass is 303 g/mol. The fourth-order valence-electron chi connectivity index (χ4n) is 2.07. The second-order valence-electron chi connectivity index (χ2n) is 5.50. The van der Waals surface area contributed by atoms with E-state index in [1.54, 1.807) is 0 Å². The number of ether oxygens (including phenoxy) is 1. The van der Waals surface area contributed by atoms with Gasteiger partial charge in [0.05, 0.1) is 0 Å². The molecule has 2 aromatic rings. The molecule has 0 spiro atoms. The van der Waals surface area contributed by atoms with E-state index >= 15 is 0 Å². The molecule has 0 aliphatic rings. The van der Waals surface area contributed by atoms with Gasteiger partial charge in [-0.05, 0) is 36.2 Å². The van der Waals surface area contributed by atoms with Crippen molar-refractivity contribution in [2.24, 2.45) is 0 Å². The quantitative estimate of drug-likeness (QED) is 0.833. The van der Waals surface area contributed by atoms with E-state index in [1.165, 1.54) is 11.1 Å². The molecule has 3 heteroatoms. The lowest BCUT2D eigenvalue weighted by Crippen LogP contribution is -2.22. The van der Waals surface area contributed by atoms with Crippen LogP contribution in [0, 0.1) is 6.92 Å². The molecule has 0 saturated carbocycles. The van der Waals surface area contributed by atoms with Gasteiger partial charge in [0, 0.05) is 23.2 Å². The summed E-state index contributed by atoms with van der Waals surface area (Å²) in [7, 11) is 0. The zero-order chi connectivity index (χ0) is 15.2. The molecule has 21 heavy (non-hydrogen) atoms. The average Bonchev–Trinajstić information content (AvgIpc) is 2.45. The van der Waals surface area contributed by atoms with Crippen LogP contribution in [0.1, 0.15) is 30.5 Å². The highest BCUT2D eigenvalue weighted by Crippen LogP contribution is 2.24. The van der Waals surface area contributed by atoms with Crippen molar-refractivity contribution in [3.63, 3.8) is 0 Å². The van der Waals surface area contributed by atoms with Gasteiger partial charge in [-0.25, -0.2) is 0 Å². The van der Waals surface area contributed by atoms with Crippen molar-refractivity contribution in [1.82, 2.24) is 5.32 Å². The molecular formula is C18H22ClNO. The van der Waals surface area contributed by atoms with E-state index in [0.29, 0.717) is 12.6 Å². The molecule has 112 valence electrons. The molecule has 0 unspecified atom stereocenters. The predicted molar refractivity (Wildman–Crippen MR) is 88.9 cm³/mol. The van der Waals surface area contributed by atoms with Gasteiger partial charge in [0.1, 0.15) is 12.4 Å². The van der Waals surface area contributed by atoms with Crippen LogP contribution in [-0.2, 0) is 13.2 Å². The predicted octanol–water partition coefficient (Wildman–Crippen LogP) is 4.73. The van der Waals surface area contributed by atoms with Crippen LogP contribution in [0.4, 0.5) is 0 Å². The van der Waals surface area contributed by atoms with Crippen LogP contribution in [0.15, 0.2) is 42.5 Å². The first-order valence-electron chi connectivity index (χ1n) is 7.25. The summed E-state index contributed by atoms with van der Waals surface area (Å²) in [4.78, 5) is 0. The second-order valence-corrected chi connectivity index (χ2v) is 5.94. The lowest BCUT2D eigenvalue weighted by Gasteiger charge is -2.15. The van der Waals surface area contributed by atoms with Crippen LogP contribution in [-0.4, -0.2) is 6.04 Å². The SMILES string of the molecule is Cc1ccccc1COc1ccc(Cl)cc1CNC(C)C. The van der Waals surface area contributed by atoms with Crippen LogP contribution in [0.2, 0.25) is 5.02 Å². The molecule has 2 rings (SSSR count). The molecule has 0 atom stereocenters. The Bertz CT molecular complexity index is 596. The Morgan fingerprint density at radius 2 is 1.86 bits per heavy atom. The maximum absolute atomic E-state index is 6.09. The topological polar surface area (TPSA) is 21.3 Å². The van der Waals surface area contributed by atoms with E-state index < -0.39 is 0 Å². The molecule has 0 amide bonds. The van der Waals surface area contributed by atoms with Gasteiger partial charge in [-0.15, -0.1) is 0 Å². The van der Waals surface area contributed by atoms with Crippen LogP contribution < -0.4 is 10.1 Å². The standard InChI is InChI=1S/C18H22ClNO/c1-13(2)20-11-16-10-17(19)8-9-18(16)21-12-15-7-5-4-6-14(15)3/h4-10,13,20H,11-12H2,1-3H3. The fraction of sp³-hybridized carbons (Fsp3) is 0.333. The van der Waals surface area contributed by atoms with Gasteiger partial charge in [0.25, 0.3) is 0 Å². The highest BCUT2D eigenvalue weighted by atomic mass is 35.5. The molecule has 0 fully saturated rings. The maximum atomic E-state index is 6.09. The third kappa shape index (κ3) is 4.76. The van der Waals surface area contributed by atoms with Gasteiger partial charge < -0.3 is 10.1 Å². The molecule has 0 aliphatic heterocycles. The first-order chi connectivity index (χ1) is 10.1. The van der Waals surface area contributed by atoms with E-state index in [1.807, 2.05) is 30.3 Å². The summed E-state index contributed by atoms with van der Waals surface area (Å²) in [5.74, 6) is 0.885. The minimum atomic E-state index is 0.424. The number of rotatable bonds is 6. The zero-order valence-electron chi connectivity index (χ0n) is 12.8. The molecule has 0 aliphatic carbocycles. The Labute approximate surface area is 132 Å². The number of aryl methyl sites for hydroxylation is 1. The highest BCUT2D eigenvalue weighted by molar-refractivity contribution is 6.30. The molecule has 2 aromatic carbocycles. The Balaban J connectivity index is 2.10. The third-order valence-electron chi connectivity index (χ3n) is 3.37. The molecule has 0 bridgehead atoms. The van der Waals surface area contributed by atoms with Crippen molar-refractivity contribution >= 4 is 11.6 Å². The van der Waals surface area contributed by atoms with Crippen molar-refractivity contribution < 1.29 is 4.74 Å². The van der Waals surface area contributed by atoms with Crippen molar-refractivity contribution in [2.75, 3.05) is 0 Å². The maximum Gasteiger partial charge on any atom is 0.124 e. The van der Waals surface area contributed by atoms with E-state index in [9.17, 15) is 0 Å². The Morgan fingerprint density at radius 3 is 2.57 bits per heavy atom. The minimum Gasteiger partial charge on any atom is -0.489 e. The summed E-state index contributed by atoms with van der Waals surface area (Å²) in [5, 5.41) is 4.14.